The Hall–Kier alpha value is -2.90. The summed E-state index contributed by atoms with van der Waals surface area (Å²) in [5, 5.41) is 11.2. The first-order valence-corrected chi connectivity index (χ1v) is 10.1. The van der Waals surface area contributed by atoms with Gasteiger partial charge in [-0.1, -0.05) is 23.7 Å². The zero-order chi connectivity index (χ0) is 22.7. The third kappa shape index (κ3) is 4.73. The number of Topliss-reactive ketones (excluding diaryl/α,β-unsaturated/α-hetero) is 1. The molecule has 31 heavy (non-hydrogen) atoms. The maximum Gasteiger partial charge on any atom is 0.295 e. The van der Waals surface area contributed by atoms with Crippen LogP contribution in [0.15, 0.2) is 48.0 Å². The summed E-state index contributed by atoms with van der Waals surface area (Å²) in [6, 6.07) is 9.10. The van der Waals surface area contributed by atoms with E-state index in [2.05, 4.69) is 0 Å². The maximum atomic E-state index is 13.5. The molecular weight excluding hydrogens is 425 g/mol. The molecule has 0 bridgehead atoms. The number of carbonyl (C=O) groups excluding carboxylic acids is 2. The number of likely N-dealkylation sites (tertiary alicyclic amines) is 1. The van der Waals surface area contributed by atoms with Crippen LogP contribution in [0.5, 0.6) is 5.75 Å². The van der Waals surface area contributed by atoms with E-state index in [1.807, 2.05) is 13.8 Å². The molecule has 3 rings (SSSR count). The Balaban J connectivity index is 2.10. The summed E-state index contributed by atoms with van der Waals surface area (Å²) >= 11 is 6.16. The number of carbonyl (C=O) groups is 2. The van der Waals surface area contributed by atoms with Crippen LogP contribution in [0.1, 0.15) is 31.0 Å². The molecule has 1 saturated heterocycles. The lowest BCUT2D eigenvalue weighted by Crippen LogP contribution is -2.33. The Morgan fingerprint density at radius 2 is 1.87 bits per heavy atom. The molecule has 0 saturated carbocycles. The van der Waals surface area contributed by atoms with Crippen LogP contribution < -0.4 is 4.74 Å². The van der Waals surface area contributed by atoms with Gasteiger partial charge in [-0.3, -0.25) is 9.59 Å². The molecule has 8 heteroatoms. The van der Waals surface area contributed by atoms with Gasteiger partial charge in [0.05, 0.1) is 36.5 Å². The van der Waals surface area contributed by atoms with Gasteiger partial charge in [0, 0.05) is 12.1 Å². The van der Waals surface area contributed by atoms with Crippen molar-refractivity contribution < 1.29 is 28.6 Å². The van der Waals surface area contributed by atoms with Crippen LogP contribution in [0.3, 0.4) is 0 Å². The number of aliphatic hydroxyl groups is 1. The van der Waals surface area contributed by atoms with Gasteiger partial charge in [0.25, 0.3) is 11.7 Å². The van der Waals surface area contributed by atoms with E-state index in [1.54, 1.807) is 6.07 Å². The predicted octanol–water partition coefficient (Wildman–Crippen LogP) is 4.33. The van der Waals surface area contributed by atoms with Gasteiger partial charge in [0.2, 0.25) is 0 Å². The van der Waals surface area contributed by atoms with E-state index in [0.717, 1.165) is 0 Å². The molecule has 1 heterocycles. The van der Waals surface area contributed by atoms with Crippen LogP contribution in [-0.4, -0.2) is 48.1 Å². The summed E-state index contributed by atoms with van der Waals surface area (Å²) in [6.45, 7) is 4.06. The highest BCUT2D eigenvalue weighted by atomic mass is 35.5. The molecule has 1 fully saturated rings. The van der Waals surface area contributed by atoms with Crippen LogP contribution in [0.25, 0.3) is 5.76 Å². The molecular formula is C23H23ClFNO5. The molecule has 0 radical (unpaired) electrons. The summed E-state index contributed by atoms with van der Waals surface area (Å²) < 4.78 is 24.2. The standard InChI is InChI=1S/C23H23ClFNO5/c1-13(2)31-11-10-26-20(14-4-7-16(25)8-5-14)19(22(28)23(26)29)21(27)15-6-9-18(30-3)17(24)12-15/h4-9,12-13,20,27H,10-11H2,1-3H3/b21-19-. The molecule has 1 atom stereocenters. The lowest BCUT2D eigenvalue weighted by Gasteiger charge is -2.25. The molecule has 1 aliphatic rings. The normalized spacial score (nSPS) is 18.1. The van der Waals surface area contributed by atoms with E-state index in [0.29, 0.717) is 11.3 Å². The predicted molar refractivity (Wildman–Crippen MR) is 115 cm³/mol. The van der Waals surface area contributed by atoms with Crippen LogP contribution in [-0.2, 0) is 14.3 Å². The lowest BCUT2D eigenvalue weighted by atomic mass is 9.95. The SMILES string of the molecule is COc1ccc(/C(O)=C2/C(=O)C(=O)N(CCOC(C)C)C2c2ccc(F)cc2)cc1Cl. The molecule has 2 aromatic rings. The number of amides is 1. The van der Waals surface area contributed by atoms with Crippen molar-refractivity contribution in [3.8, 4) is 5.75 Å². The minimum Gasteiger partial charge on any atom is -0.507 e. The minimum absolute atomic E-state index is 0.0532. The van der Waals surface area contributed by atoms with Gasteiger partial charge in [-0.25, -0.2) is 4.39 Å². The van der Waals surface area contributed by atoms with Crippen molar-refractivity contribution in [2.75, 3.05) is 20.3 Å². The van der Waals surface area contributed by atoms with Crippen molar-refractivity contribution in [3.63, 3.8) is 0 Å². The Labute approximate surface area is 184 Å². The third-order valence-electron chi connectivity index (χ3n) is 4.93. The van der Waals surface area contributed by atoms with Crippen molar-refractivity contribution in [2.24, 2.45) is 0 Å². The molecule has 0 aliphatic carbocycles. The fourth-order valence-corrected chi connectivity index (χ4v) is 3.72. The fraction of sp³-hybridized carbons (Fsp3) is 0.304. The number of benzene rings is 2. The van der Waals surface area contributed by atoms with Crippen molar-refractivity contribution in [1.29, 1.82) is 0 Å². The fourth-order valence-electron chi connectivity index (χ4n) is 3.46. The van der Waals surface area contributed by atoms with Gasteiger partial charge in [0.1, 0.15) is 17.3 Å². The molecule has 2 aromatic carbocycles. The summed E-state index contributed by atoms with van der Waals surface area (Å²) in [7, 11) is 1.46. The lowest BCUT2D eigenvalue weighted by molar-refractivity contribution is -0.140. The number of methoxy groups -OCH3 is 1. The Bertz CT molecular complexity index is 1020. The molecule has 164 valence electrons. The zero-order valence-corrected chi connectivity index (χ0v) is 18.1. The first-order chi connectivity index (χ1) is 14.7. The number of ketones is 1. The smallest absolute Gasteiger partial charge is 0.295 e. The summed E-state index contributed by atoms with van der Waals surface area (Å²) in [4.78, 5) is 27.0. The van der Waals surface area contributed by atoms with E-state index in [1.165, 1.54) is 48.4 Å². The number of hydrogen-bond acceptors (Lipinski definition) is 5. The number of nitrogens with zero attached hydrogens (tertiary/aromatic N) is 1. The number of ether oxygens (including phenoxy) is 2. The Morgan fingerprint density at radius 1 is 1.19 bits per heavy atom. The van der Waals surface area contributed by atoms with E-state index in [9.17, 15) is 19.1 Å². The van der Waals surface area contributed by atoms with E-state index >= 15 is 0 Å². The number of rotatable bonds is 7. The summed E-state index contributed by atoms with van der Waals surface area (Å²) in [5.74, 6) is -2.01. The van der Waals surface area contributed by atoms with Crippen LogP contribution >= 0.6 is 11.6 Å². The molecule has 0 spiro atoms. The van der Waals surface area contributed by atoms with Crippen molar-refractivity contribution in [3.05, 3.63) is 70.0 Å². The van der Waals surface area contributed by atoms with Gasteiger partial charge in [0.15, 0.2) is 0 Å². The highest BCUT2D eigenvalue weighted by Crippen LogP contribution is 2.40. The molecule has 1 amide bonds. The minimum atomic E-state index is -0.891. The second kappa shape index (κ2) is 9.49. The van der Waals surface area contributed by atoms with E-state index in [4.69, 9.17) is 21.1 Å². The van der Waals surface area contributed by atoms with Crippen LogP contribution in [0.2, 0.25) is 5.02 Å². The number of halogens is 2. The average molecular weight is 448 g/mol. The quantitative estimate of drug-likeness (QED) is 0.388. The summed E-state index contributed by atoms with van der Waals surface area (Å²) in [5.41, 5.74) is 0.656. The average Bonchev–Trinajstić information content (AvgIpc) is 2.98. The van der Waals surface area contributed by atoms with Crippen LogP contribution in [0.4, 0.5) is 4.39 Å². The highest BCUT2D eigenvalue weighted by Gasteiger charge is 2.45. The topological polar surface area (TPSA) is 76.1 Å². The number of hydrogen-bond donors (Lipinski definition) is 1. The van der Waals surface area contributed by atoms with Gasteiger partial charge >= 0.3 is 0 Å². The monoisotopic (exact) mass is 447 g/mol. The summed E-state index contributed by atoms with van der Waals surface area (Å²) in [6.07, 6.45) is -0.0532. The number of aliphatic hydroxyl groups excluding tert-OH is 1. The van der Waals surface area contributed by atoms with E-state index in [-0.39, 0.29) is 41.2 Å². The molecule has 1 N–H and O–H groups in total. The van der Waals surface area contributed by atoms with Crippen molar-refractivity contribution in [2.45, 2.75) is 26.0 Å². The maximum absolute atomic E-state index is 13.5. The molecule has 6 nitrogen and oxygen atoms in total. The molecule has 0 aromatic heterocycles. The Morgan fingerprint density at radius 3 is 2.45 bits per heavy atom. The van der Waals surface area contributed by atoms with Gasteiger partial charge in [-0.2, -0.15) is 0 Å². The molecule has 1 aliphatic heterocycles. The van der Waals surface area contributed by atoms with Crippen LogP contribution in [0, 0.1) is 5.82 Å². The second-order valence-corrected chi connectivity index (χ2v) is 7.72. The third-order valence-corrected chi connectivity index (χ3v) is 5.23. The first-order valence-electron chi connectivity index (χ1n) is 9.74. The van der Waals surface area contributed by atoms with E-state index < -0.39 is 23.5 Å². The van der Waals surface area contributed by atoms with Crippen molar-refractivity contribution >= 4 is 29.1 Å². The molecule has 1 unspecified atom stereocenters. The Kier molecular flexibility index (Phi) is 6.97. The van der Waals surface area contributed by atoms with Crippen molar-refractivity contribution in [1.82, 2.24) is 4.90 Å². The van der Waals surface area contributed by atoms with Gasteiger partial charge < -0.3 is 19.5 Å². The first kappa shape index (κ1) is 22.8. The largest absolute Gasteiger partial charge is 0.507 e. The van der Waals surface area contributed by atoms with Gasteiger partial charge in [-0.15, -0.1) is 0 Å². The van der Waals surface area contributed by atoms with Gasteiger partial charge in [-0.05, 0) is 49.7 Å². The second-order valence-electron chi connectivity index (χ2n) is 7.31. The highest BCUT2D eigenvalue weighted by molar-refractivity contribution is 6.46. The zero-order valence-electron chi connectivity index (χ0n) is 17.4.